The lowest BCUT2D eigenvalue weighted by Gasteiger charge is -2.25. The van der Waals surface area contributed by atoms with E-state index in [2.05, 4.69) is 5.32 Å². The van der Waals surface area contributed by atoms with Crippen LogP contribution in [0.5, 0.6) is 5.75 Å². The molecule has 0 radical (unpaired) electrons. The number of nitrogens with one attached hydrogen (secondary N) is 1. The molecule has 1 aromatic rings. The molecule has 1 unspecified atom stereocenters. The molecule has 0 saturated carbocycles. The van der Waals surface area contributed by atoms with Crippen LogP contribution in [0.4, 0.5) is 9.18 Å². The van der Waals surface area contributed by atoms with Crippen molar-refractivity contribution in [2.45, 2.75) is 46.3 Å². The van der Waals surface area contributed by atoms with E-state index in [4.69, 9.17) is 21.1 Å². The van der Waals surface area contributed by atoms with Crippen molar-refractivity contribution in [3.05, 3.63) is 28.0 Å². The largest absolute Gasteiger partial charge is 0.493 e. The maximum atomic E-state index is 14.6. The summed E-state index contributed by atoms with van der Waals surface area (Å²) in [5, 5.41) is 11.8. The number of benzene rings is 1. The minimum Gasteiger partial charge on any atom is -0.493 e. The summed E-state index contributed by atoms with van der Waals surface area (Å²) in [5.41, 5.74) is -0.815. The Kier molecular flexibility index (Phi) is 7.19. The van der Waals surface area contributed by atoms with Gasteiger partial charge < -0.3 is 19.9 Å². The zero-order chi connectivity index (χ0) is 19.4. The Morgan fingerprint density at radius 3 is 2.44 bits per heavy atom. The van der Waals surface area contributed by atoms with Crippen LogP contribution in [0.1, 0.15) is 56.6 Å². The van der Waals surface area contributed by atoms with Gasteiger partial charge in [-0.25, -0.2) is 9.18 Å². The number of carbonyl (C=O) groups is 2. The van der Waals surface area contributed by atoms with E-state index < -0.39 is 35.9 Å². The molecule has 0 aliphatic heterocycles. The summed E-state index contributed by atoms with van der Waals surface area (Å²) in [6, 6.07) is 1.15. The molecule has 0 spiro atoms. The van der Waals surface area contributed by atoms with Gasteiger partial charge >= 0.3 is 6.09 Å². The maximum Gasteiger partial charge on any atom is 0.408 e. The molecule has 0 fully saturated rings. The number of Topliss-reactive ketones (excluding diaryl/α,β-unsaturated/α-hetero) is 1. The van der Waals surface area contributed by atoms with Gasteiger partial charge in [-0.2, -0.15) is 0 Å². The van der Waals surface area contributed by atoms with Crippen LogP contribution in [0.25, 0.3) is 0 Å². The summed E-state index contributed by atoms with van der Waals surface area (Å²) < 4.78 is 25.1. The van der Waals surface area contributed by atoms with Gasteiger partial charge in [0, 0.05) is 5.54 Å². The molecular formula is C17H23ClFNO5. The molecular weight excluding hydrogens is 353 g/mol. The quantitative estimate of drug-likeness (QED) is 0.741. The van der Waals surface area contributed by atoms with Gasteiger partial charge in [-0.3, -0.25) is 4.79 Å². The number of alkyl carbamates (subject to hydrolysis) is 1. The fraction of sp³-hybridized carbons (Fsp3) is 0.529. The van der Waals surface area contributed by atoms with E-state index in [9.17, 15) is 19.1 Å². The van der Waals surface area contributed by atoms with E-state index in [0.717, 1.165) is 6.07 Å². The zero-order valence-electron chi connectivity index (χ0n) is 14.9. The molecule has 0 aliphatic carbocycles. The van der Waals surface area contributed by atoms with Gasteiger partial charge in [0.05, 0.1) is 29.4 Å². The second kappa shape index (κ2) is 8.49. The molecule has 1 amide bonds. The highest BCUT2D eigenvalue weighted by Crippen LogP contribution is 2.38. The average molecular weight is 376 g/mol. The third-order valence-corrected chi connectivity index (χ3v) is 3.36. The number of carbonyl (C=O) groups excluding carboxylic acids is 2. The van der Waals surface area contributed by atoms with Crippen LogP contribution >= 0.6 is 11.6 Å². The number of amides is 1. The lowest BCUT2D eigenvalue weighted by Crippen LogP contribution is -2.41. The standard InChI is InChI=1S/C17H23ClFNO5/c1-6-24-15-10(9(2)22)7-11(18)14(19)13(15)12(8-21)25-16(23)20-17(3,4)5/h7,12,21H,6,8H2,1-5H3,(H,20,23). The van der Waals surface area contributed by atoms with Gasteiger partial charge in [-0.15, -0.1) is 0 Å². The first-order valence-corrected chi connectivity index (χ1v) is 8.14. The predicted octanol–water partition coefficient (Wildman–Crippen LogP) is 3.64. The Hall–Kier alpha value is -1.86. The molecule has 25 heavy (non-hydrogen) atoms. The molecule has 0 saturated heterocycles. The molecule has 2 N–H and O–H groups in total. The molecule has 0 aliphatic rings. The molecule has 0 bridgehead atoms. The first-order valence-electron chi connectivity index (χ1n) is 7.77. The molecule has 0 aromatic heterocycles. The van der Waals surface area contributed by atoms with E-state index in [1.807, 2.05) is 0 Å². The van der Waals surface area contributed by atoms with E-state index in [1.165, 1.54) is 6.92 Å². The highest BCUT2D eigenvalue weighted by Gasteiger charge is 2.30. The third kappa shape index (κ3) is 5.57. The Morgan fingerprint density at radius 1 is 1.40 bits per heavy atom. The number of ketones is 1. The monoisotopic (exact) mass is 375 g/mol. The van der Waals surface area contributed by atoms with E-state index in [0.29, 0.717) is 0 Å². The summed E-state index contributed by atoms with van der Waals surface area (Å²) >= 11 is 5.86. The number of rotatable bonds is 6. The van der Waals surface area contributed by atoms with Crippen molar-refractivity contribution >= 4 is 23.5 Å². The minimum atomic E-state index is -1.39. The van der Waals surface area contributed by atoms with Crippen molar-refractivity contribution in [2.24, 2.45) is 0 Å². The van der Waals surface area contributed by atoms with Crippen LogP contribution in [0.2, 0.25) is 5.02 Å². The first kappa shape index (κ1) is 21.2. The molecule has 1 atom stereocenters. The van der Waals surface area contributed by atoms with Gasteiger partial charge in [0.1, 0.15) is 5.75 Å². The van der Waals surface area contributed by atoms with Crippen molar-refractivity contribution in [2.75, 3.05) is 13.2 Å². The van der Waals surface area contributed by atoms with Gasteiger partial charge in [-0.05, 0) is 40.7 Å². The van der Waals surface area contributed by atoms with Crippen LogP contribution in [-0.4, -0.2) is 35.7 Å². The van der Waals surface area contributed by atoms with Gasteiger partial charge in [0.25, 0.3) is 0 Å². The molecule has 1 aromatic carbocycles. The lowest BCUT2D eigenvalue weighted by atomic mass is 10.0. The number of hydrogen-bond donors (Lipinski definition) is 2. The SMILES string of the molecule is CCOc1c(C(C)=O)cc(Cl)c(F)c1C(CO)OC(=O)NC(C)(C)C. The first-order chi connectivity index (χ1) is 11.5. The average Bonchev–Trinajstić information content (AvgIpc) is 2.47. The molecule has 1 rings (SSSR count). The van der Waals surface area contributed by atoms with E-state index in [1.54, 1.807) is 27.7 Å². The van der Waals surface area contributed by atoms with Gasteiger partial charge in [0.15, 0.2) is 17.7 Å². The fourth-order valence-electron chi connectivity index (χ4n) is 2.13. The van der Waals surface area contributed by atoms with Crippen LogP contribution in [0.15, 0.2) is 6.07 Å². The Bertz CT molecular complexity index is 657. The summed E-state index contributed by atoms with van der Waals surface area (Å²) in [6.45, 7) is 7.57. The maximum absolute atomic E-state index is 14.6. The molecule has 6 nitrogen and oxygen atoms in total. The Balaban J connectivity index is 3.39. The Labute approximate surface area is 151 Å². The van der Waals surface area contributed by atoms with Crippen molar-refractivity contribution in [3.63, 3.8) is 0 Å². The topological polar surface area (TPSA) is 84.9 Å². The van der Waals surface area contributed by atoms with E-state index >= 15 is 0 Å². The van der Waals surface area contributed by atoms with Gasteiger partial charge in [-0.1, -0.05) is 11.6 Å². The number of hydrogen-bond acceptors (Lipinski definition) is 5. The van der Waals surface area contributed by atoms with Crippen molar-refractivity contribution in [3.8, 4) is 5.75 Å². The van der Waals surface area contributed by atoms with Crippen LogP contribution in [0, 0.1) is 5.82 Å². The Morgan fingerprint density at radius 2 is 2.00 bits per heavy atom. The van der Waals surface area contributed by atoms with Crippen LogP contribution in [-0.2, 0) is 4.74 Å². The summed E-state index contributed by atoms with van der Waals surface area (Å²) in [5.74, 6) is -1.42. The smallest absolute Gasteiger partial charge is 0.408 e. The van der Waals surface area contributed by atoms with Crippen molar-refractivity contribution in [1.29, 1.82) is 0 Å². The summed E-state index contributed by atoms with van der Waals surface area (Å²) in [4.78, 5) is 23.8. The summed E-state index contributed by atoms with van der Waals surface area (Å²) in [6.07, 6.45) is -2.24. The van der Waals surface area contributed by atoms with Crippen molar-refractivity contribution in [1.82, 2.24) is 5.32 Å². The number of aliphatic hydroxyl groups excluding tert-OH is 1. The second-order valence-electron chi connectivity index (χ2n) is 6.40. The number of halogens is 2. The second-order valence-corrected chi connectivity index (χ2v) is 6.81. The number of ether oxygens (including phenoxy) is 2. The number of aliphatic hydroxyl groups is 1. The summed E-state index contributed by atoms with van der Waals surface area (Å²) in [7, 11) is 0. The van der Waals surface area contributed by atoms with Crippen LogP contribution in [0.3, 0.4) is 0 Å². The minimum absolute atomic E-state index is 0.0431. The van der Waals surface area contributed by atoms with E-state index in [-0.39, 0.29) is 28.5 Å². The fourth-order valence-corrected chi connectivity index (χ4v) is 2.34. The lowest BCUT2D eigenvalue weighted by molar-refractivity contribution is 0.0493. The highest BCUT2D eigenvalue weighted by molar-refractivity contribution is 6.31. The molecule has 140 valence electrons. The molecule has 8 heteroatoms. The highest BCUT2D eigenvalue weighted by atomic mass is 35.5. The van der Waals surface area contributed by atoms with Crippen LogP contribution < -0.4 is 10.1 Å². The normalized spacial score (nSPS) is 12.5. The zero-order valence-corrected chi connectivity index (χ0v) is 15.7. The van der Waals surface area contributed by atoms with Gasteiger partial charge in [0.2, 0.25) is 0 Å². The predicted molar refractivity (Wildman–Crippen MR) is 91.8 cm³/mol. The third-order valence-electron chi connectivity index (χ3n) is 3.09. The molecule has 0 heterocycles. The van der Waals surface area contributed by atoms with Crippen molar-refractivity contribution < 1.29 is 28.6 Å².